The van der Waals surface area contributed by atoms with Crippen LogP contribution in [0.2, 0.25) is 0 Å². The average Bonchev–Trinajstić information content (AvgIpc) is 2.47. The van der Waals surface area contributed by atoms with Gasteiger partial charge in [-0.25, -0.2) is 4.39 Å². The first-order chi connectivity index (χ1) is 9.65. The number of hydrogen-bond acceptors (Lipinski definition) is 3. The first-order valence-electron chi connectivity index (χ1n) is 6.21. The van der Waals surface area contributed by atoms with Gasteiger partial charge in [-0.1, -0.05) is 18.2 Å². The number of methoxy groups -OCH3 is 1. The van der Waals surface area contributed by atoms with Crippen molar-refractivity contribution in [2.24, 2.45) is 0 Å². The van der Waals surface area contributed by atoms with Gasteiger partial charge < -0.3 is 10.1 Å². The molecule has 0 fully saturated rings. The molecule has 1 N–H and O–H groups in total. The first kappa shape index (κ1) is 13.9. The molecule has 0 unspecified atom stereocenters. The highest BCUT2D eigenvalue weighted by Crippen LogP contribution is 2.22. The molecule has 0 radical (unpaired) electrons. The number of hydrogen-bond donors (Lipinski definition) is 1. The standard InChI is InChI=1S/C16H15FN2O/c1-11-6-7-12(9-18)8-14(11)19-10-13-4-3-5-15(20-2)16(13)17/h3-8,19H,10H2,1-2H3. The molecule has 0 saturated heterocycles. The van der Waals surface area contributed by atoms with Crippen LogP contribution in [0, 0.1) is 24.1 Å². The van der Waals surface area contributed by atoms with Crippen molar-refractivity contribution in [3.63, 3.8) is 0 Å². The average molecular weight is 270 g/mol. The van der Waals surface area contributed by atoms with Crippen molar-refractivity contribution in [3.05, 3.63) is 58.9 Å². The van der Waals surface area contributed by atoms with Gasteiger partial charge in [0.1, 0.15) is 0 Å². The second kappa shape index (κ2) is 6.07. The van der Waals surface area contributed by atoms with Gasteiger partial charge in [0, 0.05) is 17.8 Å². The number of nitriles is 1. The van der Waals surface area contributed by atoms with Crippen LogP contribution in [0.4, 0.5) is 10.1 Å². The van der Waals surface area contributed by atoms with Crippen molar-refractivity contribution in [2.75, 3.05) is 12.4 Å². The quantitative estimate of drug-likeness (QED) is 0.922. The fourth-order valence-corrected chi connectivity index (χ4v) is 1.92. The van der Waals surface area contributed by atoms with Crippen molar-refractivity contribution < 1.29 is 9.13 Å². The summed E-state index contributed by atoms with van der Waals surface area (Å²) < 4.78 is 19.0. The molecule has 3 nitrogen and oxygen atoms in total. The molecule has 2 aromatic rings. The monoisotopic (exact) mass is 270 g/mol. The van der Waals surface area contributed by atoms with E-state index in [2.05, 4.69) is 11.4 Å². The summed E-state index contributed by atoms with van der Waals surface area (Å²) in [6.07, 6.45) is 0. The molecule has 102 valence electrons. The number of benzene rings is 2. The third-order valence-electron chi connectivity index (χ3n) is 3.10. The zero-order chi connectivity index (χ0) is 14.5. The molecule has 0 amide bonds. The third kappa shape index (κ3) is 2.89. The van der Waals surface area contributed by atoms with Crippen LogP contribution in [0.5, 0.6) is 5.75 Å². The predicted octanol–water partition coefficient (Wildman–Crippen LogP) is 3.63. The Bertz CT molecular complexity index is 662. The van der Waals surface area contributed by atoms with E-state index in [-0.39, 0.29) is 11.6 Å². The van der Waals surface area contributed by atoms with Crippen LogP contribution < -0.4 is 10.1 Å². The highest BCUT2D eigenvalue weighted by Gasteiger charge is 2.08. The maximum Gasteiger partial charge on any atom is 0.170 e. The zero-order valence-electron chi connectivity index (χ0n) is 11.4. The van der Waals surface area contributed by atoms with Crippen LogP contribution in [0.15, 0.2) is 36.4 Å². The maximum atomic E-state index is 14.0. The SMILES string of the molecule is COc1cccc(CNc2cc(C#N)ccc2C)c1F. The second-order valence-electron chi connectivity index (χ2n) is 4.43. The molecule has 0 spiro atoms. The van der Waals surface area contributed by atoms with E-state index in [9.17, 15) is 4.39 Å². The molecule has 0 aliphatic heterocycles. The van der Waals surface area contributed by atoms with E-state index in [0.29, 0.717) is 17.7 Å². The van der Waals surface area contributed by atoms with Crippen molar-refractivity contribution in [2.45, 2.75) is 13.5 Å². The lowest BCUT2D eigenvalue weighted by Gasteiger charge is -2.12. The number of halogens is 1. The normalized spacial score (nSPS) is 9.90. The molecular weight excluding hydrogens is 255 g/mol. The van der Waals surface area contributed by atoms with E-state index in [4.69, 9.17) is 10.00 Å². The van der Waals surface area contributed by atoms with Crippen LogP contribution in [-0.2, 0) is 6.54 Å². The van der Waals surface area contributed by atoms with E-state index >= 15 is 0 Å². The molecule has 20 heavy (non-hydrogen) atoms. The Kier molecular flexibility index (Phi) is 4.21. The summed E-state index contributed by atoms with van der Waals surface area (Å²) in [5.74, 6) is -0.136. The lowest BCUT2D eigenvalue weighted by Crippen LogP contribution is -2.04. The number of rotatable bonds is 4. The minimum Gasteiger partial charge on any atom is -0.494 e. The summed E-state index contributed by atoms with van der Waals surface area (Å²) in [6, 6.07) is 12.5. The Labute approximate surface area is 117 Å². The van der Waals surface area contributed by atoms with Gasteiger partial charge in [0.05, 0.1) is 18.7 Å². The minimum absolute atomic E-state index is 0.229. The minimum atomic E-state index is -0.364. The maximum absolute atomic E-state index is 14.0. The second-order valence-corrected chi connectivity index (χ2v) is 4.43. The topological polar surface area (TPSA) is 45.0 Å². The molecule has 0 aromatic heterocycles. The van der Waals surface area contributed by atoms with Gasteiger partial charge in [0.15, 0.2) is 11.6 Å². The molecular formula is C16H15FN2O. The summed E-state index contributed by atoms with van der Waals surface area (Å²) in [5, 5.41) is 12.0. The Hall–Kier alpha value is -2.54. The molecule has 0 bridgehead atoms. The highest BCUT2D eigenvalue weighted by atomic mass is 19.1. The van der Waals surface area contributed by atoms with Gasteiger partial charge in [0.2, 0.25) is 0 Å². The Balaban J connectivity index is 2.19. The summed E-state index contributed by atoms with van der Waals surface area (Å²) in [6.45, 7) is 2.27. The Morgan fingerprint density at radius 1 is 1.30 bits per heavy atom. The highest BCUT2D eigenvalue weighted by molar-refractivity contribution is 5.55. The summed E-state index contributed by atoms with van der Waals surface area (Å²) in [7, 11) is 1.44. The van der Waals surface area contributed by atoms with Crippen molar-refractivity contribution >= 4 is 5.69 Å². The summed E-state index contributed by atoms with van der Waals surface area (Å²) in [5.41, 5.74) is 2.92. The molecule has 2 rings (SSSR count). The lowest BCUT2D eigenvalue weighted by molar-refractivity contribution is 0.384. The number of nitrogens with zero attached hydrogens (tertiary/aromatic N) is 1. The zero-order valence-corrected chi connectivity index (χ0v) is 11.4. The first-order valence-corrected chi connectivity index (χ1v) is 6.21. The van der Waals surface area contributed by atoms with Gasteiger partial charge in [-0.2, -0.15) is 5.26 Å². The van der Waals surface area contributed by atoms with Gasteiger partial charge in [-0.05, 0) is 30.7 Å². The Morgan fingerprint density at radius 3 is 2.80 bits per heavy atom. The smallest absolute Gasteiger partial charge is 0.170 e. The van der Waals surface area contributed by atoms with Gasteiger partial charge in [-0.15, -0.1) is 0 Å². The largest absolute Gasteiger partial charge is 0.494 e. The molecule has 0 heterocycles. The molecule has 0 aliphatic carbocycles. The summed E-state index contributed by atoms with van der Waals surface area (Å²) >= 11 is 0. The van der Waals surface area contributed by atoms with E-state index in [1.807, 2.05) is 13.0 Å². The van der Waals surface area contributed by atoms with E-state index in [1.54, 1.807) is 30.3 Å². The van der Waals surface area contributed by atoms with Crippen LogP contribution in [0.3, 0.4) is 0 Å². The van der Waals surface area contributed by atoms with E-state index < -0.39 is 0 Å². The van der Waals surface area contributed by atoms with Crippen molar-refractivity contribution in [1.82, 2.24) is 0 Å². The molecule has 0 atom stereocenters. The van der Waals surface area contributed by atoms with Gasteiger partial charge in [-0.3, -0.25) is 0 Å². The molecule has 4 heteroatoms. The van der Waals surface area contributed by atoms with Crippen LogP contribution >= 0.6 is 0 Å². The molecule has 2 aromatic carbocycles. The fraction of sp³-hybridized carbons (Fsp3) is 0.188. The fourth-order valence-electron chi connectivity index (χ4n) is 1.92. The third-order valence-corrected chi connectivity index (χ3v) is 3.10. The molecule has 0 aliphatic rings. The number of ether oxygens (including phenoxy) is 1. The van der Waals surface area contributed by atoms with E-state index in [0.717, 1.165) is 11.3 Å². The van der Waals surface area contributed by atoms with Gasteiger partial charge in [0.25, 0.3) is 0 Å². The number of aryl methyl sites for hydroxylation is 1. The predicted molar refractivity (Wildman–Crippen MR) is 76.2 cm³/mol. The molecule has 0 saturated carbocycles. The van der Waals surface area contributed by atoms with Crippen molar-refractivity contribution in [1.29, 1.82) is 5.26 Å². The number of nitrogens with one attached hydrogen (secondary N) is 1. The Morgan fingerprint density at radius 2 is 2.10 bits per heavy atom. The van der Waals surface area contributed by atoms with Gasteiger partial charge >= 0.3 is 0 Å². The number of anilines is 1. The van der Waals surface area contributed by atoms with Crippen LogP contribution in [0.25, 0.3) is 0 Å². The van der Waals surface area contributed by atoms with Crippen molar-refractivity contribution in [3.8, 4) is 11.8 Å². The van der Waals surface area contributed by atoms with Crippen LogP contribution in [-0.4, -0.2) is 7.11 Å². The van der Waals surface area contributed by atoms with Crippen LogP contribution in [0.1, 0.15) is 16.7 Å². The summed E-state index contributed by atoms with van der Waals surface area (Å²) in [4.78, 5) is 0. The lowest BCUT2D eigenvalue weighted by atomic mass is 10.1. The van der Waals surface area contributed by atoms with E-state index in [1.165, 1.54) is 7.11 Å².